The summed E-state index contributed by atoms with van der Waals surface area (Å²) in [6, 6.07) is 5.63. The Morgan fingerprint density at radius 2 is 2.00 bits per heavy atom. The summed E-state index contributed by atoms with van der Waals surface area (Å²) in [6.45, 7) is 1.50. The molecule has 1 aromatic carbocycles. The van der Waals surface area contributed by atoms with Crippen molar-refractivity contribution in [1.29, 1.82) is 0 Å². The van der Waals surface area contributed by atoms with Crippen molar-refractivity contribution in [3.8, 4) is 11.5 Å². The number of carbonyl (C=O) groups excluding carboxylic acids is 1. The average Bonchev–Trinajstić information content (AvgIpc) is 3.14. The molecule has 1 amide bonds. The molecule has 140 valence electrons. The third kappa shape index (κ3) is 4.51. The number of methoxy groups -OCH3 is 2. The van der Waals surface area contributed by atoms with Crippen LogP contribution in [0.25, 0.3) is 0 Å². The van der Waals surface area contributed by atoms with Crippen molar-refractivity contribution in [2.75, 3.05) is 27.4 Å². The van der Waals surface area contributed by atoms with Crippen molar-refractivity contribution in [1.82, 2.24) is 15.5 Å². The molecule has 3 rings (SSSR count). The quantitative estimate of drug-likeness (QED) is 0.802. The smallest absolute Gasteiger partial charge is 0.246 e. The van der Waals surface area contributed by atoms with E-state index in [1.807, 2.05) is 18.2 Å². The minimum absolute atomic E-state index is 0.00194. The Morgan fingerprint density at radius 1 is 1.23 bits per heavy atom. The molecule has 2 aromatic rings. The summed E-state index contributed by atoms with van der Waals surface area (Å²) in [5.74, 6) is 2.26. The highest BCUT2D eigenvalue weighted by atomic mass is 16.5. The monoisotopic (exact) mass is 361 g/mol. The lowest BCUT2D eigenvalue weighted by molar-refractivity contribution is -0.128. The van der Waals surface area contributed by atoms with Crippen LogP contribution in [-0.4, -0.2) is 43.5 Å². The lowest BCUT2D eigenvalue weighted by atomic mass is 9.99. The number of ether oxygens (including phenoxy) is 3. The van der Waals surface area contributed by atoms with E-state index in [-0.39, 0.29) is 18.4 Å². The second-order valence-corrected chi connectivity index (χ2v) is 6.07. The average molecular weight is 361 g/mol. The van der Waals surface area contributed by atoms with E-state index in [1.165, 1.54) is 0 Å². The molecule has 0 atom stereocenters. The van der Waals surface area contributed by atoms with Gasteiger partial charge >= 0.3 is 0 Å². The van der Waals surface area contributed by atoms with Crippen LogP contribution in [0.15, 0.2) is 22.7 Å². The molecule has 1 aromatic heterocycles. The number of carbonyl (C=O) groups is 1. The molecule has 8 nitrogen and oxygen atoms in total. The van der Waals surface area contributed by atoms with Crippen LogP contribution in [-0.2, 0) is 22.5 Å². The summed E-state index contributed by atoms with van der Waals surface area (Å²) >= 11 is 0. The van der Waals surface area contributed by atoms with Crippen molar-refractivity contribution < 1.29 is 23.5 Å². The van der Waals surface area contributed by atoms with Crippen LogP contribution in [0.3, 0.4) is 0 Å². The number of nitrogens with zero attached hydrogens (tertiary/aromatic N) is 2. The van der Waals surface area contributed by atoms with Crippen molar-refractivity contribution >= 4 is 5.91 Å². The zero-order valence-corrected chi connectivity index (χ0v) is 15.0. The molecule has 8 heteroatoms. The topological polar surface area (TPSA) is 95.7 Å². The van der Waals surface area contributed by atoms with Crippen molar-refractivity contribution in [2.45, 2.75) is 25.8 Å². The first-order valence-corrected chi connectivity index (χ1v) is 8.57. The fourth-order valence-electron chi connectivity index (χ4n) is 2.87. The molecule has 0 bridgehead atoms. The standard InChI is InChI=1S/C18H23N3O5/c1-23-14-4-3-12(9-15(14)24-2)10-16-20-17(26-21-16)11-19-18(22)13-5-7-25-8-6-13/h3-4,9,13H,5-8,10-11H2,1-2H3,(H,19,22). The lowest BCUT2D eigenvalue weighted by Crippen LogP contribution is -2.33. The van der Waals surface area contributed by atoms with Gasteiger partial charge in [0.2, 0.25) is 11.8 Å². The van der Waals surface area contributed by atoms with E-state index in [0.717, 1.165) is 18.4 Å². The first-order valence-electron chi connectivity index (χ1n) is 8.57. The second kappa shape index (κ2) is 8.66. The Bertz CT molecular complexity index is 740. The molecule has 0 saturated carbocycles. The summed E-state index contributed by atoms with van der Waals surface area (Å²) in [6.07, 6.45) is 2.00. The molecule has 1 N–H and O–H groups in total. The van der Waals surface area contributed by atoms with Gasteiger partial charge in [-0.3, -0.25) is 4.79 Å². The second-order valence-electron chi connectivity index (χ2n) is 6.07. The maximum atomic E-state index is 12.1. The summed E-state index contributed by atoms with van der Waals surface area (Å²) in [4.78, 5) is 16.4. The van der Waals surface area contributed by atoms with Gasteiger partial charge in [0, 0.05) is 25.6 Å². The molecule has 0 unspecified atom stereocenters. The Morgan fingerprint density at radius 3 is 2.73 bits per heavy atom. The summed E-state index contributed by atoms with van der Waals surface area (Å²) < 4.78 is 21.0. The van der Waals surface area contributed by atoms with E-state index in [0.29, 0.717) is 42.8 Å². The van der Waals surface area contributed by atoms with Gasteiger partial charge in [-0.2, -0.15) is 4.98 Å². The molecule has 1 aliphatic heterocycles. The predicted octanol–water partition coefficient (Wildman–Crippen LogP) is 1.72. The molecule has 1 aliphatic rings. The molecule has 1 saturated heterocycles. The first-order chi connectivity index (χ1) is 12.7. The number of nitrogens with one attached hydrogen (secondary N) is 1. The van der Waals surface area contributed by atoms with E-state index in [2.05, 4.69) is 15.5 Å². The SMILES string of the molecule is COc1ccc(Cc2noc(CNC(=O)C3CCOCC3)n2)cc1OC. The number of hydrogen-bond donors (Lipinski definition) is 1. The zero-order chi connectivity index (χ0) is 18.4. The molecule has 0 aliphatic carbocycles. The molecule has 2 heterocycles. The highest BCUT2D eigenvalue weighted by Crippen LogP contribution is 2.28. The molecule has 26 heavy (non-hydrogen) atoms. The van der Waals surface area contributed by atoms with Crippen LogP contribution in [0.5, 0.6) is 11.5 Å². The van der Waals surface area contributed by atoms with Crippen LogP contribution < -0.4 is 14.8 Å². The normalized spacial score (nSPS) is 14.8. The minimum Gasteiger partial charge on any atom is -0.493 e. The van der Waals surface area contributed by atoms with E-state index in [9.17, 15) is 4.79 Å². The zero-order valence-electron chi connectivity index (χ0n) is 15.0. The first kappa shape index (κ1) is 18.2. The highest BCUT2D eigenvalue weighted by Gasteiger charge is 2.21. The third-order valence-corrected chi connectivity index (χ3v) is 4.33. The predicted molar refractivity (Wildman–Crippen MR) is 92.0 cm³/mol. The summed E-state index contributed by atoms with van der Waals surface area (Å²) in [5.41, 5.74) is 0.973. The van der Waals surface area contributed by atoms with Crippen LogP contribution in [0.1, 0.15) is 30.1 Å². The molecule has 1 fully saturated rings. The molecule has 0 spiro atoms. The fourth-order valence-corrected chi connectivity index (χ4v) is 2.87. The summed E-state index contributed by atoms with van der Waals surface area (Å²) in [7, 11) is 3.19. The maximum absolute atomic E-state index is 12.1. The lowest BCUT2D eigenvalue weighted by Gasteiger charge is -2.20. The highest BCUT2D eigenvalue weighted by molar-refractivity contribution is 5.78. The van der Waals surface area contributed by atoms with Crippen LogP contribution >= 0.6 is 0 Å². The van der Waals surface area contributed by atoms with Crippen LogP contribution in [0.4, 0.5) is 0 Å². The number of hydrogen-bond acceptors (Lipinski definition) is 7. The van der Waals surface area contributed by atoms with Crippen LogP contribution in [0.2, 0.25) is 0 Å². The van der Waals surface area contributed by atoms with Gasteiger partial charge in [-0.05, 0) is 30.5 Å². The Hall–Kier alpha value is -2.61. The number of aromatic nitrogens is 2. The largest absolute Gasteiger partial charge is 0.493 e. The van der Waals surface area contributed by atoms with E-state index >= 15 is 0 Å². The Balaban J connectivity index is 1.55. The van der Waals surface area contributed by atoms with Gasteiger partial charge in [-0.15, -0.1) is 0 Å². The van der Waals surface area contributed by atoms with Gasteiger partial charge < -0.3 is 24.1 Å². The van der Waals surface area contributed by atoms with Gasteiger partial charge in [-0.25, -0.2) is 0 Å². The van der Waals surface area contributed by atoms with E-state index < -0.39 is 0 Å². The maximum Gasteiger partial charge on any atom is 0.246 e. The van der Waals surface area contributed by atoms with Gasteiger partial charge in [0.1, 0.15) is 0 Å². The number of benzene rings is 1. The molecular weight excluding hydrogens is 338 g/mol. The van der Waals surface area contributed by atoms with E-state index in [4.69, 9.17) is 18.7 Å². The van der Waals surface area contributed by atoms with Crippen LogP contribution in [0, 0.1) is 5.92 Å². The molecular formula is C18H23N3O5. The van der Waals surface area contributed by atoms with Gasteiger partial charge in [0.25, 0.3) is 0 Å². The number of amides is 1. The van der Waals surface area contributed by atoms with Crippen molar-refractivity contribution in [2.24, 2.45) is 5.92 Å². The fraction of sp³-hybridized carbons (Fsp3) is 0.500. The van der Waals surface area contributed by atoms with Crippen molar-refractivity contribution in [3.05, 3.63) is 35.5 Å². The van der Waals surface area contributed by atoms with Gasteiger partial charge in [0.15, 0.2) is 17.3 Å². The van der Waals surface area contributed by atoms with Gasteiger partial charge in [0.05, 0.1) is 20.8 Å². The van der Waals surface area contributed by atoms with Crippen molar-refractivity contribution in [3.63, 3.8) is 0 Å². The minimum atomic E-state index is -0.00194. The third-order valence-electron chi connectivity index (χ3n) is 4.33. The van der Waals surface area contributed by atoms with E-state index in [1.54, 1.807) is 14.2 Å². The Labute approximate surface area is 151 Å². The Kier molecular flexibility index (Phi) is 6.06. The summed E-state index contributed by atoms with van der Waals surface area (Å²) in [5, 5.41) is 6.82. The number of rotatable bonds is 7. The molecule has 0 radical (unpaired) electrons. The van der Waals surface area contributed by atoms with Gasteiger partial charge in [-0.1, -0.05) is 11.2 Å².